The van der Waals surface area contributed by atoms with Gasteiger partial charge in [0.15, 0.2) is 11.7 Å². The number of sulfonamides is 1. The molecule has 2 N–H and O–H groups in total. The van der Waals surface area contributed by atoms with E-state index in [1.54, 1.807) is 23.6 Å². The minimum atomic E-state index is -3.90. The van der Waals surface area contributed by atoms with Crippen molar-refractivity contribution < 1.29 is 22.3 Å². The third-order valence-corrected chi connectivity index (χ3v) is 6.45. The molecule has 2 heterocycles. The number of hydrogen-bond donors (Lipinski definition) is 2. The summed E-state index contributed by atoms with van der Waals surface area (Å²) < 4.78 is 46.1. The zero-order valence-corrected chi connectivity index (χ0v) is 16.2. The lowest BCUT2D eigenvalue weighted by atomic mass is 10.1. The van der Waals surface area contributed by atoms with Crippen molar-refractivity contribution in [3.8, 4) is 17.0 Å². The number of aryl methyl sites for hydroxylation is 1. The van der Waals surface area contributed by atoms with Crippen LogP contribution >= 0.6 is 11.3 Å². The first kappa shape index (κ1) is 18.4. The number of carbonyl (C=O) groups excluding carboxylic acids is 1. The van der Waals surface area contributed by atoms with E-state index in [-0.39, 0.29) is 22.5 Å². The molecule has 3 aromatic rings. The molecule has 0 spiro atoms. The zero-order chi connectivity index (χ0) is 19.9. The summed E-state index contributed by atoms with van der Waals surface area (Å²) in [4.78, 5) is 15.8. The number of aromatic nitrogens is 1. The summed E-state index contributed by atoms with van der Waals surface area (Å²) in [5, 5.41) is 4.59. The first-order chi connectivity index (χ1) is 13.3. The normalized spacial score (nSPS) is 13.4. The molecule has 1 aliphatic rings. The number of anilines is 2. The number of thiazole rings is 1. The molecule has 144 valence electrons. The van der Waals surface area contributed by atoms with Crippen LogP contribution in [0.4, 0.5) is 15.2 Å². The third-order valence-electron chi connectivity index (χ3n) is 4.06. The monoisotopic (exact) mass is 419 g/mol. The topological polar surface area (TPSA) is 97.4 Å². The first-order valence-corrected chi connectivity index (χ1v) is 10.5. The number of halogens is 1. The highest BCUT2D eigenvalue weighted by Crippen LogP contribution is 2.34. The molecule has 28 heavy (non-hydrogen) atoms. The number of ether oxygens (including phenoxy) is 1. The van der Waals surface area contributed by atoms with Crippen LogP contribution in [-0.4, -0.2) is 25.9 Å². The van der Waals surface area contributed by atoms with Gasteiger partial charge < -0.3 is 10.1 Å². The molecule has 1 amide bonds. The van der Waals surface area contributed by atoms with Gasteiger partial charge in [-0.3, -0.25) is 9.52 Å². The van der Waals surface area contributed by atoms with Gasteiger partial charge in [0.1, 0.15) is 11.6 Å². The maximum Gasteiger partial charge on any atom is 0.263 e. The second-order valence-electron chi connectivity index (χ2n) is 6.10. The number of hydrogen-bond acceptors (Lipinski definition) is 6. The highest BCUT2D eigenvalue weighted by molar-refractivity contribution is 7.93. The van der Waals surface area contributed by atoms with E-state index in [0.29, 0.717) is 28.3 Å². The van der Waals surface area contributed by atoms with Crippen molar-refractivity contribution in [1.82, 2.24) is 4.98 Å². The third kappa shape index (κ3) is 3.56. The number of carbonyl (C=O) groups is 1. The minimum Gasteiger partial charge on any atom is -0.482 e. The lowest BCUT2D eigenvalue weighted by Gasteiger charge is -2.18. The molecule has 0 unspecified atom stereocenters. The number of fused-ring (bicyclic) bond motifs is 1. The lowest BCUT2D eigenvalue weighted by molar-refractivity contribution is -0.118. The van der Waals surface area contributed by atoms with Crippen molar-refractivity contribution in [2.24, 2.45) is 0 Å². The molecule has 0 aliphatic carbocycles. The summed E-state index contributed by atoms with van der Waals surface area (Å²) in [6, 6.07) is 8.67. The second-order valence-corrected chi connectivity index (χ2v) is 8.61. The Kier molecular flexibility index (Phi) is 4.52. The Balaban J connectivity index is 1.60. The van der Waals surface area contributed by atoms with Gasteiger partial charge in [0.2, 0.25) is 0 Å². The summed E-state index contributed by atoms with van der Waals surface area (Å²) in [7, 11) is -3.90. The Morgan fingerprint density at radius 3 is 2.86 bits per heavy atom. The number of amides is 1. The van der Waals surface area contributed by atoms with E-state index in [9.17, 15) is 17.6 Å². The van der Waals surface area contributed by atoms with Crippen LogP contribution in [0.15, 0.2) is 46.7 Å². The highest BCUT2D eigenvalue weighted by Gasteiger charge is 2.20. The van der Waals surface area contributed by atoms with Gasteiger partial charge in [-0.15, -0.1) is 11.3 Å². The molecular formula is C18H14FN3O4S2. The van der Waals surface area contributed by atoms with Crippen molar-refractivity contribution in [2.75, 3.05) is 16.6 Å². The van der Waals surface area contributed by atoms with Gasteiger partial charge >= 0.3 is 0 Å². The van der Waals surface area contributed by atoms with Crippen LogP contribution in [0, 0.1) is 12.7 Å². The van der Waals surface area contributed by atoms with Crippen molar-refractivity contribution in [3.05, 3.63) is 53.2 Å². The Morgan fingerprint density at radius 1 is 1.25 bits per heavy atom. The second kappa shape index (κ2) is 6.88. The fourth-order valence-corrected chi connectivity index (χ4v) is 4.98. The van der Waals surface area contributed by atoms with Crippen LogP contribution in [0.3, 0.4) is 0 Å². The van der Waals surface area contributed by atoms with Crippen molar-refractivity contribution >= 4 is 38.1 Å². The maximum atomic E-state index is 13.2. The number of nitrogens with one attached hydrogen (secondary N) is 2. The van der Waals surface area contributed by atoms with Crippen molar-refractivity contribution in [2.45, 2.75) is 11.8 Å². The van der Waals surface area contributed by atoms with Gasteiger partial charge in [-0.05, 0) is 48.9 Å². The van der Waals surface area contributed by atoms with E-state index in [0.717, 1.165) is 23.5 Å². The summed E-state index contributed by atoms with van der Waals surface area (Å²) in [5.74, 6) is -0.186. The van der Waals surface area contributed by atoms with Crippen LogP contribution in [0.25, 0.3) is 11.3 Å². The van der Waals surface area contributed by atoms with Gasteiger partial charge in [0.05, 0.1) is 16.3 Å². The van der Waals surface area contributed by atoms with E-state index in [2.05, 4.69) is 15.0 Å². The van der Waals surface area contributed by atoms with Crippen LogP contribution in [-0.2, 0) is 14.8 Å². The largest absolute Gasteiger partial charge is 0.482 e. The smallest absolute Gasteiger partial charge is 0.263 e. The quantitative estimate of drug-likeness (QED) is 0.676. The summed E-state index contributed by atoms with van der Waals surface area (Å²) >= 11 is 1.12. The molecule has 7 nitrogen and oxygen atoms in total. The SMILES string of the molecule is Cc1cc(F)ccc1S(=O)(=O)Nc1nc(-c2ccc3c(c2)NC(=O)CO3)cs1. The average molecular weight is 419 g/mol. The van der Waals surface area contributed by atoms with Crippen LogP contribution < -0.4 is 14.8 Å². The Morgan fingerprint density at radius 2 is 2.07 bits per heavy atom. The van der Waals surface area contributed by atoms with Crippen LogP contribution in [0.5, 0.6) is 5.75 Å². The molecule has 1 aromatic heterocycles. The predicted octanol–water partition coefficient (Wildman–Crippen LogP) is 3.39. The van der Waals surface area contributed by atoms with Gasteiger partial charge in [-0.2, -0.15) is 0 Å². The first-order valence-electron chi connectivity index (χ1n) is 8.13. The van der Waals surface area contributed by atoms with E-state index in [1.807, 2.05) is 0 Å². The van der Waals surface area contributed by atoms with Gasteiger partial charge in [0.25, 0.3) is 15.9 Å². The van der Waals surface area contributed by atoms with Crippen LogP contribution in [0.2, 0.25) is 0 Å². The summed E-state index contributed by atoms with van der Waals surface area (Å²) in [5.41, 5.74) is 2.07. The van der Waals surface area contributed by atoms with E-state index in [4.69, 9.17) is 4.74 Å². The lowest BCUT2D eigenvalue weighted by Crippen LogP contribution is -2.25. The number of benzene rings is 2. The van der Waals surface area contributed by atoms with Crippen molar-refractivity contribution in [1.29, 1.82) is 0 Å². The molecule has 0 saturated heterocycles. The molecule has 0 saturated carbocycles. The Hall–Kier alpha value is -2.98. The van der Waals surface area contributed by atoms with E-state index < -0.39 is 15.8 Å². The number of nitrogens with zero attached hydrogens (tertiary/aromatic N) is 1. The molecule has 2 aromatic carbocycles. The molecule has 0 atom stereocenters. The predicted molar refractivity (Wildman–Crippen MR) is 104 cm³/mol. The van der Waals surface area contributed by atoms with Gasteiger partial charge in [-0.1, -0.05) is 0 Å². The molecule has 1 aliphatic heterocycles. The molecule has 4 rings (SSSR count). The molecule has 0 radical (unpaired) electrons. The standard InChI is InChI=1S/C18H14FN3O4S2/c1-10-6-12(19)3-5-16(10)28(24,25)22-18-21-14(9-27-18)11-2-4-15-13(7-11)20-17(23)8-26-15/h2-7,9H,8H2,1H3,(H,20,23)(H,21,22). The molecule has 10 heteroatoms. The van der Waals surface area contributed by atoms with Gasteiger partial charge in [0, 0.05) is 10.9 Å². The maximum absolute atomic E-state index is 13.2. The fourth-order valence-electron chi connectivity index (χ4n) is 2.78. The molecule has 0 fully saturated rings. The average Bonchev–Trinajstić information content (AvgIpc) is 3.08. The summed E-state index contributed by atoms with van der Waals surface area (Å²) in [6.07, 6.45) is 0. The molecular weight excluding hydrogens is 405 g/mol. The van der Waals surface area contributed by atoms with E-state index in [1.165, 1.54) is 13.0 Å². The van der Waals surface area contributed by atoms with Crippen LogP contribution in [0.1, 0.15) is 5.56 Å². The Bertz CT molecular complexity index is 1190. The Labute approximate surface area is 164 Å². The highest BCUT2D eigenvalue weighted by atomic mass is 32.2. The zero-order valence-electron chi connectivity index (χ0n) is 14.5. The van der Waals surface area contributed by atoms with E-state index >= 15 is 0 Å². The van der Waals surface area contributed by atoms with Gasteiger partial charge in [-0.25, -0.2) is 17.8 Å². The number of rotatable bonds is 4. The minimum absolute atomic E-state index is 0.0145. The fraction of sp³-hybridized carbons (Fsp3) is 0.111. The summed E-state index contributed by atoms with van der Waals surface area (Å²) in [6.45, 7) is 1.49. The van der Waals surface area contributed by atoms with Crippen molar-refractivity contribution in [3.63, 3.8) is 0 Å². The molecule has 0 bridgehead atoms.